The van der Waals surface area contributed by atoms with Crippen molar-refractivity contribution < 1.29 is 9.53 Å². The first-order valence-corrected chi connectivity index (χ1v) is 6.88. The van der Waals surface area contributed by atoms with Crippen molar-refractivity contribution in [3.63, 3.8) is 0 Å². The molecule has 0 heterocycles. The Hall–Kier alpha value is -1.93. The van der Waals surface area contributed by atoms with Gasteiger partial charge in [-0.3, -0.25) is 4.79 Å². The molecule has 0 saturated carbocycles. The van der Waals surface area contributed by atoms with Gasteiger partial charge in [-0.1, -0.05) is 62.4 Å². The standard InChI is InChI=1S/C14H10O.C2H6O.C2H6/c15-14-12-7-3-1-5-10(12)9-11-6-2-4-8-13(11)14;1-3-2;1-2/h1-8H,9H2;1-2H3;1-2H3. The number of fused-ring (bicyclic) bond motifs is 2. The number of carbonyl (C=O) groups excluding carboxylic acids is 1. The fraction of sp³-hybridized carbons (Fsp3) is 0.278. The van der Waals surface area contributed by atoms with Gasteiger partial charge in [-0.05, 0) is 17.5 Å². The zero-order valence-electron chi connectivity index (χ0n) is 12.6. The molecule has 2 nitrogen and oxygen atoms in total. The molecule has 0 unspecified atom stereocenters. The molecule has 2 aromatic carbocycles. The second kappa shape index (κ2) is 8.28. The van der Waals surface area contributed by atoms with Crippen LogP contribution in [0.25, 0.3) is 0 Å². The van der Waals surface area contributed by atoms with Crippen LogP contribution in [0.3, 0.4) is 0 Å². The van der Waals surface area contributed by atoms with E-state index in [0.717, 1.165) is 28.7 Å². The Bertz CT molecular complexity index is 511. The van der Waals surface area contributed by atoms with E-state index in [0.29, 0.717) is 0 Å². The molecule has 0 amide bonds. The van der Waals surface area contributed by atoms with E-state index in [4.69, 9.17) is 0 Å². The number of rotatable bonds is 0. The van der Waals surface area contributed by atoms with Crippen LogP contribution in [0.5, 0.6) is 0 Å². The van der Waals surface area contributed by atoms with Crippen molar-refractivity contribution in [3.8, 4) is 0 Å². The van der Waals surface area contributed by atoms with Crippen LogP contribution in [0, 0.1) is 0 Å². The topological polar surface area (TPSA) is 26.3 Å². The first-order chi connectivity index (χ1) is 9.77. The highest BCUT2D eigenvalue weighted by Crippen LogP contribution is 2.26. The van der Waals surface area contributed by atoms with Crippen LogP contribution in [0.1, 0.15) is 40.9 Å². The van der Waals surface area contributed by atoms with E-state index in [1.165, 1.54) is 0 Å². The van der Waals surface area contributed by atoms with Gasteiger partial charge in [0, 0.05) is 25.3 Å². The zero-order chi connectivity index (χ0) is 15.0. The molecule has 0 aromatic heterocycles. The molecule has 0 atom stereocenters. The van der Waals surface area contributed by atoms with E-state index in [9.17, 15) is 4.79 Å². The van der Waals surface area contributed by atoms with E-state index in [1.54, 1.807) is 14.2 Å². The van der Waals surface area contributed by atoms with E-state index in [-0.39, 0.29) is 5.78 Å². The molecule has 0 saturated heterocycles. The smallest absolute Gasteiger partial charge is 0.193 e. The number of ketones is 1. The first-order valence-electron chi connectivity index (χ1n) is 6.88. The largest absolute Gasteiger partial charge is 0.388 e. The van der Waals surface area contributed by atoms with Gasteiger partial charge in [-0.2, -0.15) is 0 Å². The number of benzene rings is 2. The van der Waals surface area contributed by atoms with Gasteiger partial charge in [0.25, 0.3) is 0 Å². The molecule has 3 rings (SSSR count). The molecule has 0 bridgehead atoms. The molecule has 106 valence electrons. The fourth-order valence-electron chi connectivity index (χ4n) is 2.14. The Labute approximate surface area is 121 Å². The van der Waals surface area contributed by atoms with Crippen LogP contribution in [0.4, 0.5) is 0 Å². The van der Waals surface area contributed by atoms with Crippen LogP contribution in [0.2, 0.25) is 0 Å². The minimum atomic E-state index is 0.160. The van der Waals surface area contributed by atoms with Gasteiger partial charge in [-0.25, -0.2) is 0 Å². The van der Waals surface area contributed by atoms with Gasteiger partial charge in [0.1, 0.15) is 0 Å². The molecular weight excluding hydrogens is 248 g/mol. The van der Waals surface area contributed by atoms with Crippen molar-refractivity contribution in [2.75, 3.05) is 14.2 Å². The highest BCUT2D eigenvalue weighted by molar-refractivity contribution is 6.12. The summed E-state index contributed by atoms with van der Waals surface area (Å²) < 4.78 is 4.25. The van der Waals surface area contributed by atoms with E-state index in [1.807, 2.05) is 62.4 Å². The Morgan fingerprint density at radius 1 is 0.800 bits per heavy atom. The quantitative estimate of drug-likeness (QED) is 0.614. The van der Waals surface area contributed by atoms with Gasteiger partial charge in [0.05, 0.1) is 0 Å². The molecule has 0 spiro atoms. The third kappa shape index (κ3) is 3.55. The second-order valence-corrected chi connectivity index (χ2v) is 4.23. The summed E-state index contributed by atoms with van der Waals surface area (Å²) in [7, 11) is 3.25. The second-order valence-electron chi connectivity index (χ2n) is 4.23. The number of ether oxygens (including phenoxy) is 1. The minimum absolute atomic E-state index is 0.160. The summed E-state index contributed by atoms with van der Waals surface area (Å²) in [5, 5.41) is 0. The fourth-order valence-corrected chi connectivity index (χ4v) is 2.14. The minimum Gasteiger partial charge on any atom is -0.388 e. The van der Waals surface area contributed by atoms with Crippen molar-refractivity contribution in [1.29, 1.82) is 0 Å². The van der Waals surface area contributed by atoms with Gasteiger partial charge in [0.2, 0.25) is 0 Å². The molecule has 1 aliphatic carbocycles. The van der Waals surface area contributed by atoms with Crippen LogP contribution in [0.15, 0.2) is 48.5 Å². The molecule has 20 heavy (non-hydrogen) atoms. The van der Waals surface area contributed by atoms with Crippen molar-refractivity contribution in [3.05, 3.63) is 70.8 Å². The normalized spacial score (nSPS) is 11.1. The maximum absolute atomic E-state index is 12.1. The van der Waals surface area contributed by atoms with Gasteiger partial charge >= 0.3 is 0 Å². The van der Waals surface area contributed by atoms with Crippen molar-refractivity contribution in [1.82, 2.24) is 0 Å². The number of carbonyl (C=O) groups is 1. The Balaban J connectivity index is 0.000000357. The third-order valence-corrected chi connectivity index (χ3v) is 2.90. The highest BCUT2D eigenvalue weighted by Gasteiger charge is 2.21. The van der Waals surface area contributed by atoms with Crippen molar-refractivity contribution in [2.24, 2.45) is 0 Å². The lowest BCUT2D eigenvalue weighted by atomic mass is 9.85. The Morgan fingerprint density at radius 2 is 1.15 bits per heavy atom. The Morgan fingerprint density at radius 3 is 1.55 bits per heavy atom. The van der Waals surface area contributed by atoms with Crippen molar-refractivity contribution in [2.45, 2.75) is 20.3 Å². The maximum Gasteiger partial charge on any atom is 0.193 e. The number of hydrogen-bond donors (Lipinski definition) is 0. The predicted molar refractivity (Wildman–Crippen MR) is 83.4 cm³/mol. The van der Waals surface area contributed by atoms with E-state index < -0.39 is 0 Å². The molecule has 0 fully saturated rings. The average Bonchev–Trinajstić information content (AvgIpc) is 2.50. The predicted octanol–water partition coefficient (Wildman–Crippen LogP) is 4.11. The summed E-state index contributed by atoms with van der Waals surface area (Å²) >= 11 is 0. The van der Waals surface area contributed by atoms with Gasteiger partial charge in [0.15, 0.2) is 5.78 Å². The lowest BCUT2D eigenvalue weighted by Gasteiger charge is -2.17. The zero-order valence-corrected chi connectivity index (χ0v) is 12.6. The molecule has 1 aliphatic rings. The molecule has 2 aromatic rings. The average molecular weight is 270 g/mol. The SMILES string of the molecule is CC.COC.O=C1c2ccccc2Cc2ccccc21. The van der Waals surface area contributed by atoms with Crippen LogP contribution >= 0.6 is 0 Å². The van der Waals surface area contributed by atoms with Crippen LogP contribution in [-0.4, -0.2) is 20.0 Å². The molecule has 0 aliphatic heterocycles. The first kappa shape index (κ1) is 16.1. The third-order valence-electron chi connectivity index (χ3n) is 2.90. The van der Waals surface area contributed by atoms with Gasteiger partial charge < -0.3 is 4.74 Å². The van der Waals surface area contributed by atoms with Crippen LogP contribution < -0.4 is 0 Å². The van der Waals surface area contributed by atoms with Crippen LogP contribution in [-0.2, 0) is 11.2 Å². The number of hydrogen-bond acceptors (Lipinski definition) is 2. The monoisotopic (exact) mass is 270 g/mol. The van der Waals surface area contributed by atoms with Crippen molar-refractivity contribution >= 4 is 5.78 Å². The van der Waals surface area contributed by atoms with Gasteiger partial charge in [-0.15, -0.1) is 0 Å². The molecule has 2 heteroatoms. The summed E-state index contributed by atoms with van der Waals surface area (Å²) in [5.41, 5.74) is 4.00. The Kier molecular flexibility index (Phi) is 6.68. The lowest BCUT2D eigenvalue weighted by molar-refractivity contribution is 0.103. The molecule has 0 radical (unpaired) electrons. The maximum atomic E-state index is 12.1. The molecule has 0 N–H and O–H groups in total. The highest BCUT2D eigenvalue weighted by atomic mass is 16.4. The van der Waals surface area contributed by atoms with E-state index in [2.05, 4.69) is 4.74 Å². The summed E-state index contributed by atoms with van der Waals surface area (Å²) in [6, 6.07) is 15.7. The molecular formula is C18H22O2. The summed E-state index contributed by atoms with van der Waals surface area (Å²) in [6.45, 7) is 4.00. The summed E-state index contributed by atoms with van der Waals surface area (Å²) in [6.07, 6.45) is 0.873. The summed E-state index contributed by atoms with van der Waals surface area (Å²) in [4.78, 5) is 12.1. The lowest BCUT2D eigenvalue weighted by Crippen LogP contribution is -2.14. The summed E-state index contributed by atoms with van der Waals surface area (Å²) in [5.74, 6) is 0.160. The van der Waals surface area contributed by atoms with E-state index >= 15 is 0 Å². The number of methoxy groups -OCH3 is 1.